The van der Waals surface area contributed by atoms with Gasteiger partial charge in [-0.2, -0.15) is 10.2 Å². The first-order valence-corrected chi connectivity index (χ1v) is 6.36. The van der Waals surface area contributed by atoms with E-state index >= 15 is 0 Å². The number of rotatable bonds is 2. The monoisotopic (exact) mass is 276 g/mol. The number of nitrogens with two attached hydrogens (primary N) is 1. The zero-order chi connectivity index (χ0) is 15.1. The van der Waals surface area contributed by atoms with Crippen LogP contribution in [0.3, 0.4) is 0 Å². The van der Waals surface area contributed by atoms with E-state index in [1.807, 2.05) is 6.07 Å². The van der Waals surface area contributed by atoms with Gasteiger partial charge in [0, 0.05) is 24.2 Å². The van der Waals surface area contributed by atoms with Crippen molar-refractivity contribution in [2.24, 2.45) is 7.05 Å². The largest absolute Gasteiger partial charge is 0.395 e. The van der Waals surface area contributed by atoms with Gasteiger partial charge in [0.25, 0.3) is 5.91 Å². The second-order valence-electron chi connectivity index (χ2n) is 5.84. The van der Waals surface area contributed by atoms with E-state index in [1.165, 1.54) is 4.68 Å². The Labute approximate surface area is 117 Å². The minimum absolute atomic E-state index is 0.0574. The Hall–Kier alpha value is -2.31. The third-order valence-corrected chi connectivity index (χ3v) is 3.11. The number of hydrogen-bond donors (Lipinski definition) is 3. The normalized spacial score (nSPS) is 11.7. The minimum atomic E-state index is -0.322. The Balaban J connectivity index is 2.22. The van der Waals surface area contributed by atoms with Crippen LogP contribution in [0.1, 0.15) is 42.6 Å². The molecule has 0 aliphatic carbocycles. The van der Waals surface area contributed by atoms with Crippen LogP contribution in [-0.4, -0.2) is 25.9 Å². The van der Waals surface area contributed by atoms with Crippen molar-refractivity contribution in [2.45, 2.75) is 33.1 Å². The highest BCUT2D eigenvalue weighted by molar-refractivity contribution is 6.06. The molecule has 1 amide bonds. The predicted molar refractivity (Wildman–Crippen MR) is 77.6 cm³/mol. The molecule has 2 aromatic heterocycles. The molecule has 0 radical (unpaired) electrons. The van der Waals surface area contributed by atoms with Crippen molar-refractivity contribution in [2.75, 3.05) is 11.1 Å². The van der Waals surface area contributed by atoms with Gasteiger partial charge >= 0.3 is 0 Å². The van der Waals surface area contributed by atoms with Crippen molar-refractivity contribution >= 4 is 17.4 Å². The summed E-state index contributed by atoms with van der Waals surface area (Å²) in [6.45, 7) is 7.95. The molecule has 0 bridgehead atoms. The van der Waals surface area contributed by atoms with E-state index in [9.17, 15) is 4.79 Å². The lowest BCUT2D eigenvalue weighted by atomic mass is 9.92. The van der Waals surface area contributed by atoms with E-state index in [0.29, 0.717) is 22.9 Å². The maximum absolute atomic E-state index is 12.2. The molecule has 0 unspecified atom stereocenters. The highest BCUT2D eigenvalue weighted by atomic mass is 16.2. The van der Waals surface area contributed by atoms with Gasteiger partial charge in [0.05, 0.1) is 11.4 Å². The molecule has 108 valence electrons. The van der Waals surface area contributed by atoms with Gasteiger partial charge in [0.2, 0.25) is 0 Å². The molecule has 2 heterocycles. The van der Waals surface area contributed by atoms with Crippen LogP contribution in [-0.2, 0) is 12.5 Å². The van der Waals surface area contributed by atoms with Crippen molar-refractivity contribution < 1.29 is 4.79 Å². The summed E-state index contributed by atoms with van der Waals surface area (Å²) < 4.78 is 1.47. The number of H-pyrrole nitrogens is 1. The summed E-state index contributed by atoms with van der Waals surface area (Å²) in [4.78, 5) is 12.2. The van der Waals surface area contributed by atoms with Gasteiger partial charge in [0.1, 0.15) is 5.69 Å². The number of carbonyl (C=O) groups excluding carboxylic acids is 1. The zero-order valence-electron chi connectivity index (χ0n) is 12.4. The fourth-order valence-electron chi connectivity index (χ4n) is 1.89. The van der Waals surface area contributed by atoms with Crippen molar-refractivity contribution in [3.05, 3.63) is 23.1 Å². The zero-order valence-corrected chi connectivity index (χ0v) is 12.4. The second kappa shape index (κ2) is 4.66. The van der Waals surface area contributed by atoms with Crippen molar-refractivity contribution in [3.8, 4) is 0 Å². The van der Waals surface area contributed by atoms with Gasteiger partial charge in [-0.1, -0.05) is 20.8 Å². The highest BCUT2D eigenvalue weighted by Gasteiger charge is 2.21. The topological polar surface area (TPSA) is 102 Å². The number of aromatic amines is 1. The standard InChI is InChI=1S/C13H20N6O/c1-7-10(14)11(19(5)18-7)12(20)15-9-6-8(16-17-9)13(2,3)4/h6H,14H2,1-5H3,(H2,15,16,17,20). The Morgan fingerprint density at radius 2 is 2.10 bits per heavy atom. The Morgan fingerprint density at radius 1 is 1.45 bits per heavy atom. The van der Waals surface area contributed by atoms with Crippen LogP contribution in [0, 0.1) is 6.92 Å². The average molecular weight is 276 g/mol. The summed E-state index contributed by atoms with van der Waals surface area (Å²) in [6, 6.07) is 1.82. The van der Waals surface area contributed by atoms with Gasteiger partial charge in [0.15, 0.2) is 5.82 Å². The number of aryl methyl sites for hydroxylation is 2. The lowest BCUT2D eigenvalue weighted by Gasteiger charge is -2.14. The fraction of sp³-hybridized carbons (Fsp3) is 0.462. The number of nitrogen functional groups attached to an aromatic ring is 1. The van der Waals surface area contributed by atoms with E-state index in [-0.39, 0.29) is 11.3 Å². The van der Waals surface area contributed by atoms with Gasteiger partial charge in [-0.05, 0) is 6.92 Å². The molecular weight excluding hydrogens is 256 g/mol. The molecule has 0 fully saturated rings. The first kappa shape index (κ1) is 14.1. The number of anilines is 2. The average Bonchev–Trinajstić information content (AvgIpc) is 2.85. The van der Waals surface area contributed by atoms with E-state index in [1.54, 1.807) is 14.0 Å². The number of carbonyl (C=O) groups is 1. The van der Waals surface area contributed by atoms with Gasteiger partial charge in [-0.3, -0.25) is 14.6 Å². The maximum Gasteiger partial charge on any atom is 0.277 e. The van der Waals surface area contributed by atoms with Gasteiger partial charge < -0.3 is 11.1 Å². The summed E-state index contributed by atoms with van der Waals surface area (Å²) in [5, 5.41) is 13.8. The van der Waals surface area contributed by atoms with E-state index in [2.05, 4.69) is 41.4 Å². The number of aromatic nitrogens is 4. The molecule has 0 atom stereocenters. The van der Waals surface area contributed by atoms with Crippen molar-refractivity contribution in [1.29, 1.82) is 0 Å². The third kappa shape index (κ3) is 2.52. The molecule has 2 aromatic rings. The molecule has 7 heteroatoms. The fourth-order valence-corrected chi connectivity index (χ4v) is 1.89. The van der Waals surface area contributed by atoms with Crippen LogP contribution >= 0.6 is 0 Å². The molecule has 2 rings (SSSR count). The van der Waals surface area contributed by atoms with E-state index < -0.39 is 0 Å². The smallest absolute Gasteiger partial charge is 0.277 e. The van der Waals surface area contributed by atoms with Crippen LogP contribution in [0.5, 0.6) is 0 Å². The third-order valence-electron chi connectivity index (χ3n) is 3.11. The number of nitrogens with one attached hydrogen (secondary N) is 2. The lowest BCUT2D eigenvalue weighted by Crippen LogP contribution is -2.18. The molecule has 0 spiro atoms. The van der Waals surface area contributed by atoms with Gasteiger partial charge in [-0.15, -0.1) is 0 Å². The lowest BCUT2D eigenvalue weighted by molar-refractivity contribution is 0.101. The Bertz CT molecular complexity index is 646. The summed E-state index contributed by atoms with van der Waals surface area (Å²) in [6.07, 6.45) is 0. The Kier molecular flexibility index (Phi) is 3.29. The predicted octanol–water partition coefficient (Wildman–Crippen LogP) is 1.58. The molecule has 0 aliphatic rings. The minimum Gasteiger partial charge on any atom is -0.395 e. The van der Waals surface area contributed by atoms with E-state index in [4.69, 9.17) is 5.73 Å². The van der Waals surface area contributed by atoms with Crippen molar-refractivity contribution in [3.63, 3.8) is 0 Å². The Morgan fingerprint density at radius 3 is 2.55 bits per heavy atom. The second-order valence-corrected chi connectivity index (χ2v) is 5.84. The van der Waals surface area contributed by atoms with Crippen LogP contribution in [0.15, 0.2) is 6.07 Å². The van der Waals surface area contributed by atoms with E-state index in [0.717, 1.165) is 5.69 Å². The SMILES string of the molecule is Cc1nn(C)c(C(=O)Nc2cc(C(C)(C)C)[nH]n2)c1N. The molecule has 0 aliphatic heterocycles. The first-order chi connectivity index (χ1) is 9.20. The molecule has 0 saturated carbocycles. The quantitative estimate of drug-likeness (QED) is 0.775. The maximum atomic E-state index is 12.2. The number of amides is 1. The molecule has 7 nitrogen and oxygen atoms in total. The molecule has 0 aromatic carbocycles. The summed E-state index contributed by atoms with van der Waals surface area (Å²) in [5.41, 5.74) is 8.10. The highest BCUT2D eigenvalue weighted by Crippen LogP contribution is 2.23. The van der Waals surface area contributed by atoms with Gasteiger partial charge in [-0.25, -0.2) is 0 Å². The summed E-state index contributed by atoms with van der Waals surface area (Å²) in [5.74, 6) is 0.149. The molecule has 4 N–H and O–H groups in total. The number of hydrogen-bond acceptors (Lipinski definition) is 4. The summed E-state index contributed by atoms with van der Waals surface area (Å²) >= 11 is 0. The number of nitrogens with zero attached hydrogens (tertiary/aromatic N) is 3. The molecule has 0 saturated heterocycles. The molecular formula is C13H20N6O. The van der Waals surface area contributed by atoms with Crippen LogP contribution in [0.2, 0.25) is 0 Å². The van der Waals surface area contributed by atoms with Crippen LogP contribution < -0.4 is 11.1 Å². The molecule has 20 heavy (non-hydrogen) atoms. The first-order valence-electron chi connectivity index (χ1n) is 6.36. The summed E-state index contributed by atoms with van der Waals surface area (Å²) in [7, 11) is 1.68. The van der Waals surface area contributed by atoms with Crippen LogP contribution in [0.4, 0.5) is 11.5 Å². The van der Waals surface area contributed by atoms with Crippen molar-refractivity contribution in [1.82, 2.24) is 20.0 Å². The van der Waals surface area contributed by atoms with Crippen LogP contribution in [0.25, 0.3) is 0 Å².